The van der Waals surface area contributed by atoms with Gasteiger partial charge in [0.1, 0.15) is 10.7 Å². The standard InChI is InChI=1S/C12H10ClN3O/c13-11-8-3-1-4-9(10(8)15-16-11)12(14-7-17)5-2-6-12/h1,3-4H,2,5-6H2,(H,15,16). The van der Waals surface area contributed by atoms with Gasteiger partial charge in [0.2, 0.25) is 6.08 Å². The van der Waals surface area contributed by atoms with Gasteiger partial charge in [-0.3, -0.25) is 5.10 Å². The van der Waals surface area contributed by atoms with Crippen molar-refractivity contribution in [1.29, 1.82) is 0 Å². The third-order valence-corrected chi connectivity index (χ3v) is 3.77. The Morgan fingerprint density at radius 1 is 1.47 bits per heavy atom. The molecule has 0 atom stereocenters. The predicted octanol–water partition coefficient (Wildman–Crippen LogP) is 2.93. The van der Waals surface area contributed by atoms with E-state index in [1.54, 1.807) is 6.08 Å². The summed E-state index contributed by atoms with van der Waals surface area (Å²) >= 11 is 6.01. The zero-order valence-electron chi connectivity index (χ0n) is 9.03. The van der Waals surface area contributed by atoms with Gasteiger partial charge in [0.25, 0.3) is 0 Å². The Hall–Kier alpha value is -1.64. The zero-order chi connectivity index (χ0) is 11.9. The molecule has 0 bridgehead atoms. The van der Waals surface area contributed by atoms with Crippen molar-refractivity contribution in [2.75, 3.05) is 0 Å². The molecule has 1 aliphatic rings. The van der Waals surface area contributed by atoms with E-state index in [4.69, 9.17) is 11.6 Å². The summed E-state index contributed by atoms with van der Waals surface area (Å²) in [6.45, 7) is 0. The van der Waals surface area contributed by atoms with Gasteiger partial charge in [-0.1, -0.05) is 23.7 Å². The number of nitrogens with zero attached hydrogens (tertiary/aromatic N) is 2. The molecule has 1 aliphatic carbocycles. The minimum Gasteiger partial charge on any atom is -0.266 e. The molecule has 1 saturated carbocycles. The average Bonchev–Trinajstić information content (AvgIpc) is 2.66. The molecule has 4 nitrogen and oxygen atoms in total. The molecule has 0 aliphatic heterocycles. The van der Waals surface area contributed by atoms with Crippen LogP contribution in [0.1, 0.15) is 24.8 Å². The third kappa shape index (κ3) is 1.42. The fourth-order valence-corrected chi connectivity index (χ4v) is 2.62. The summed E-state index contributed by atoms with van der Waals surface area (Å²) in [7, 11) is 0. The Kier molecular flexibility index (Phi) is 2.28. The Morgan fingerprint density at radius 3 is 2.94 bits per heavy atom. The number of aromatic amines is 1. The van der Waals surface area contributed by atoms with Crippen LogP contribution in [0.15, 0.2) is 23.2 Å². The number of hydrogen-bond acceptors (Lipinski definition) is 3. The molecule has 5 heteroatoms. The molecule has 0 unspecified atom stereocenters. The summed E-state index contributed by atoms with van der Waals surface area (Å²) in [5.41, 5.74) is 1.34. The van der Waals surface area contributed by atoms with Crippen molar-refractivity contribution >= 4 is 28.6 Å². The summed E-state index contributed by atoms with van der Waals surface area (Å²) in [6.07, 6.45) is 4.49. The van der Waals surface area contributed by atoms with Crippen LogP contribution >= 0.6 is 11.6 Å². The van der Waals surface area contributed by atoms with Crippen LogP contribution in [0.2, 0.25) is 5.15 Å². The summed E-state index contributed by atoms with van der Waals surface area (Å²) in [6, 6.07) is 5.78. The molecule has 2 aromatic rings. The summed E-state index contributed by atoms with van der Waals surface area (Å²) in [4.78, 5) is 14.6. The largest absolute Gasteiger partial charge is 0.266 e. The summed E-state index contributed by atoms with van der Waals surface area (Å²) < 4.78 is 0. The lowest BCUT2D eigenvalue weighted by Gasteiger charge is -2.37. The van der Waals surface area contributed by atoms with Gasteiger partial charge in [0.15, 0.2) is 0 Å². The number of halogens is 1. The van der Waals surface area contributed by atoms with Crippen molar-refractivity contribution in [2.45, 2.75) is 24.8 Å². The van der Waals surface area contributed by atoms with Gasteiger partial charge in [0, 0.05) is 10.9 Å². The summed E-state index contributed by atoms with van der Waals surface area (Å²) in [5.74, 6) is 0. The number of H-pyrrole nitrogens is 1. The van der Waals surface area contributed by atoms with Crippen molar-refractivity contribution in [3.05, 3.63) is 28.9 Å². The molecule has 86 valence electrons. The van der Waals surface area contributed by atoms with Gasteiger partial charge in [-0.15, -0.1) is 0 Å². The van der Waals surface area contributed by atoms with Crippen LogP contribution in [0.25, 0.3) is 10.9 Å². The fourth-order valence-electron chi connectivity index (χ4n) is 2.42. The van der Waals surface area contributed by atoms with E-state index in [1.807, 2.05) is 18.2 Å². The number of benzene rings is 1. The van der Waals surface area contributed by atoms with Crippen molar-refractivity contribution in [2.24, 2.45) is 4.99 Å². The van der Waals surface area contributed by atoms with Crippen LogP contribution in [0, 0.1) is 0 Å². The van der Waals surface area contributed by atoms with E-state index >= 15 is 0 Å². The molecule has 0 spiro atoms. The summed E-state index contributed by atoms with van der Waals surface area (Å²) in [5, 5.41) is 8.35. The van der Waals surface area contributed by atoms with Crippen LogP contribution in [-0.4, -0.2) is 16.3 Å². The first-order valence-electron chi connectivity index (χ1n) is 5.49. The lowest BCUT2D eigenvalue weighted by Crippen LogP contribution is -2.32. The molecule has 1 aromatic heterocycles. The minimum absolute atomic E-state index is 0.431. The van der Waals surface area contributed by atoms with Gasteiger partial charge >= 0.3 is 0 Å². The SMILES string of the molecule is O=C=NC1(c2cccc3c(Cl)[nH]nc23)CCC1. The zero-order valence-corrected chi connectivity index (χ0v) is 9.79. The number of nitrogens with one attached hydrogen (secondary N) is 1. The van der Waals surface area contributed by atoms with E-state index < -0.39 is 5.54 Å². The van der Waals surface area contributed by atoms with E-state index in [9.17, 15) is 4.79 Å². The smallest absolute Gasteiger partial charge is 0.235 e. The Bertz CT molecular complexity index is 624. The Morgan fingerprint density at radius 2 is 2.29 bits per heavy atom. The van der Waals surface area contributed by atoms with Gasteiger partial charge in [0.05, 0.1) is 5.52 Å². The maximum absolute atomic E-state index is 10.6. The van der Waals surface area contributed by atoms with Crippen molar-refractivity contribution < 1.29 is 4.79 Å². The Balaban J connectivity index is 2.26. The molecule has 0 radical (unpaired) electrons. The van der Waals surface area contributed by atoms with E-state index in [0.717, 1.165) is 35.7 Å². The molecular formula is C12H10ClN3O. The van der Waals surface area contributed by atoms with Crippen LogP contribution < -0.4 is 0 Å². The highest BCUT2D eigenvalue weighted by Gasteiger charge is 2.40. The monoisotopic (exact) mass is 247 g/mol. The molecule has 0 saturated heterocycles. The second-order valence-corrected chi connectivity index (χ2v) is 4.71. The van der Waals surface area contributed by atoms with Gasteiger partial charge in [-0.25, -0.2) is 4.79 Å². The number of para-hydroxylation sites is 1. The van der Waals surface area contributed by atoms with Gasteiger partial charge in [-0.2, -0.15) is 10.1 Å². The predicted molar refractivity (Wildman–Crippen MR) is 64.8 cm³/mol. The van der Waals surface area contributed by atoms with Crippen LogP contribution in [0.4, 0.5) is 0 Å². The van der Waals surface area contributed by atoms with E-state index in [-0.39, 0.29) is 0 Å². The molecule has 3 rings (SSSR count). The molecule has 1 fully saturated rings. The van der Waals surface area contributed by atoms with Crippen LogP contribution in [0.5, 0.6) is 0 Å². The number of hydrogen-bond donors (Lipinski definition) is 1. The third-order valence-electron chi connectivity index (χ3n) is 3.48. The highest BCUT2D eigenvalue weighted by molar-refractivity contribution is 6.34. The van der Waals surface area contributed by atoms with Crippen molar-refractivity contribution in [1.82, 2.24) is 10.2 Å². The van der Waals surface area contributed by atoms with Crippen molar-refractivity contribution in [3.8, 4) is 0 Å². The fraction of sp³-hybridized carbons (Fsp3) is 0.333. The number of rotatable bonds is 2. The number of aromatic nitrogens is 2. The van der Waals surface area contributed by atoms with E-state index in [0.29, 0.717) is 5.15 Å². The quantitative estimate of drug-likeness (QED) is 0.655. The molecule has 1 heterocycles. The molecule has 1 N–H and O–H groups in total. The van der Waals surface area contributed by atoms with Gasteiger partial charge in [-0.05, 0) is 25.3 Å². The first-order chi connectivity index (χ1) is 8.27. The lowest BCUT2D eigenvalue weighted by molar-refractivity contribution is 0.258. The lowest BCUT2D eigenvalue weighted by atomic mass is 9.72. The maximum Gasteiger partial charge on any atom is 0.235 e. The first kappa shape index (κ1) is 10.5. The highest BCUT2D eigenvalue weighted by atomic mass is 35.5. The molecular weight excluding hydrogens is 238 g/mol. The Labute approximate surface area is 103 Å². The van der Waals surface area contributed by atoms with E-state index in [1.165, 1.54) is 0 Å². The van der Waals surface area contributed by atoms with Crippen molar-refractivity contribution in [3.63, 3.8) is 0 Å². The molecule has 1 aromatic carbocycles. The van der Waals surface area contributed by atoms with E-state index in [2.05, 4.69) is 15.2 Å². The topological polar surface area (TPSA) is 58.1 Å². The second kappa shape index (κ2) is 3.69. The van der Waals surface area contributed by atoms with Gasteiger partial charge < -0.3 is 0 Å². The number of isocyanates is 1. The average molecular weight is 248 g/mol. The van der Waals surface area contributed by atoms with Crippen LogP contribution in [-0.2, 0) is 10.3 Å². The second-order valence-electron chi connectivity index (χ2n) is 4.33. The number of aliphatic imine (C=N–C) groups is 1. The number of carbonyl (C=O) groups excluding carboxylic acids is 1. The maximum atomic E-state index is 10.6. The minimum atomic E-state index is -0.431. The number of fused-ring (bicyclic) bond motifs is 1. The highest BCUT2D eigenvalue weighted by Crippen LogP contribution is 2.47. The normalized spacial score (nSPS) is 17.5. The first-order valence-corrected chi connectivity index (χ1v) is 5.87. The molecule has 17 heavy (non-hydrogen) atoms. The molecule has 0 amide bonds. The van der Waals surface area contributed by atoms with Crippen LogP contribution in [0.3, 0.4) is 0 Å².